The van der Waals surface area contributed by atoms with Crippen molar-refractivity contribution in [1.29, 1.82) is 0 Å². The lowest BCUT2D eigenvalue weighted by molar-refractivity contribution is -0.153. The Labute approximate surface area is 76.9 Å². The fourth-order valence-corrected chi connectivity index (χ4v) is 1.10. The fraction of sp³-hybridized carbons (Fsp3) is 0.556. The third-order valence-electron chi connectivity index (χ3n) is 1.91. The van der Waals surface area contributed by atoms with Crippen molar-refractivity contribution in [2.24, 2.45) is 0 Å². The average Bonchev–Trinajstić information content (AvgIpc) is 2.06. The summed E-state index contributed by atoms with van der Waals surface area (Å²) in [7, 11) is 0. The molecule has 0 spiro atoms. The van der Waals surface area contributed by atoms with E-state index in [-0.39, 0.29) is 5.60 Å². The third-order valence-corrected chi connectivity index (χ3v) is 1.91. The molecule has 0 amide bonds. The highest BCUT2D eigenvalue weighted by Crippen LogP contribution is 2.21. The quantitative estimate of drug-likeness (QED) is 0.679. The van der Waals surface area contributed by atoms with E-state index in [1.54, 1.807) is 12.4 Å². The van der Waals surface area contributed by atoms with E-state index in [9.17, 15) is 0 Å². The lowest BCUT2D eigenvalue weighted by atomic mass is 10.1. The van der Waals surface area contributed by atoms with Crippen LogP contribution in [0.1, 0.15) is 12.5 Å². The molecule has 1 aromatic rings. The predicted molar refractivity (Wildman–Crippen MR) is 46.6 cm³/mol. The van der Waals surface area contributed by atoms with Gasteiger partial charge < -0.3 is 9.47 Å². The van der Waals surface area contributed by atoms with Crippen LogP contribution in [0.4, 0.5) is 0 Å². The summed E-state index contributed by atoms with van der Waals surface area (Å²) in [6.07, 6.45) is 3.48. The number of rotatable bonds is 2. The van der Waals surface area contributed by atoms with E-state index < -0.39 is 0 Å². The molecule has 4 nitrogen and oxygen atoms in total. The molecule has 1 aliphatic heterocycles. The molecule has 0 saturated carbocycles. The molecule has 70 valence electrons. The molecule has 1 aliphatic rings. The summed E-state index contributed by atoms with van der Waals surface area (Å²) < 4.78 is 10.6. The van der Waals surface area contributed by atoms with Crippen molar-refractivity contribution in [3.63, 3.8) is 0 Å². The van der Waals surface area contributed by atoms with Crippen LogP contribution in [0.25, 0.3) is 0 Å². The second-order valence-electron chi connectivity index (χ2n) is 3.59. The van der Waals surface area contributed by atoms with Gasteiger partial charge in [-0.15, -0.1) is 0 Å². The van der Waals surface area contributed by atoms with E-state index in [2.05, 4.69) is 9.97 Å². The first-order valence-corrected chi connectivity index (χ1v) is 4.23. The van der Waals surface area contributed by atoms with Crippen LogP contribution in [-0.4, -0.2) is 28.8 Å². The van der Waals surface area contributed by atoms with Crippen molar-refractivity contribution >= 4 is 0 Å². The highest BCUT2D eigenvalue weighted by atomic mass is 16.6. The Morgan fingerprint density at radius 3 is 2.46 bits per heavy atom. The van der Waals surface area contributed by atoms with Crippen molar-refractivity contribution < 1.29 is 9.47 Å². The summed E-state index contributed by atoms with van der Waals surface area (Å²) in [6.45, 7) is 5.16. The lowest BCUT2D eigenvalue weighted by Gasteiger charge is -2.36. The topological polar surface area (TPSA) is 44.2 Å². The van der Waals surface area contributed by atoms with Crippen molar-refractivity contribution in [3.8, 4) is 6.01 Å². The van der Waals surface area contributed by atoms with E-state index >= 15 is 0 Å². The minimum Gasteiger partial charge on any atom is -0.452 e. The molecule has 0 radical (unpaired) electrons. The standard InChI is InChI=1S/C9H12N2O2/c1-7-3-10-8(11-4-7)13-9(2)5-12-6-9/h3-4H,5-6H2,1-2H3. The molecule has 2 heterocycles. The smallest absolute Gasteiger partial charge is 0.317 e. The van der Waals surface area contributed by atoms with Gasteiger partial charge in [-0.25, -0.2) is 9.97 Å². The van der Waals surface area contributed by atoms with Gasteiger partial charge in [0.05, 0.1) is 13.2 Å². The number of aryl methyl sites for hydroxylation is 1. The van der Waals surface area contributed by atoms with Crippen molar-refractivity contribution in [2.75, 3.05) is 13.2 Å². The van der Waals surface area contributed by atoms with Crippen LogP contribution >= 0.6 is 0 Å². The summed E-state index contributed by atoms with van der Waals surface area (Å²) in [4.78, 5) is 8.11. The Morgan fingerprint density at radius 2 is 2.00 bits per heavy atom. The van der Waals surface area contributed by atoms with Gasteiger partial charge in [0.25, 0.3) is 0 Å². The van der Waals surface area contributed by atoms with E-state index in [1.807, 2.05) is 13.8 Å². The Balaban J connectivity index is 2.05. The second kappa shape index (κ2) is 2.96. The number of hydrogen-bond donors (Lipinski definition) is 0. The molecule has 1 fully saturated rings. The predicted octanol–water partition coefficient (Wildman–Crippen LogP) is 0.953. The molecule has 1 saturated heterocycles. The van der Waals surface area contributed by atoms with Gasteiger partial charge in [-0.05, 0) is 19.4 Å². The molecule has 0 N–H and O–H groups in total. The monoisotopic (exact) mass is 180 g/mol. The maximum absolute atomic E-state index is 5.55. The highest BCUT2D eigenvalue weighted by molar-refractivity contribution is 5.06. The molecule has 0 aliphatic carbocycles. The summed E-state index contributed by atoms with van der Waals surface area (Å²) in [5.41, 5.74) is 0.803. The Hall–Kier alpha value is -1.16. The van der Waals surface area contributed by atoms with E-state index in [1.165, 1.54) is 0 Å². The number of aromatic nitrogens is 2. The van der Waals surface area contributed by atoms with E-state index in [0.29, 0.717) is 19.2 Å². The van der Waals surface area contributed by atoms with Crippen molar-refractivity contribution in [2.45, 2.75) is 19.4 Å². The van der Waals surface area contributed by atoms with Gasteiger partial charge in [0.1, 0.15) is 0 Å². The zero-order valence-electron chi connectivity index (χ0n) is 7.78. The van der Waals surface area contributed by atoms with E-state index in [4.69, 9.17) is 9.47 Å². The van der Waals surface area contributed by atoms with Crippen LogP contribution in [-0.2, 0) is 4.74 Å². The SMILES string of the molecule is Cc1cnc(OC2(C)COC2)nc1. The first-order chi connectivity index (χ1) is 6.18. The maximum atomic E-state index is 5.55. The highest BCUT2D eigenvalue weighted by Gasteiger charge is 2.36. The molecule has 2 rings (SSSR count). The van der Waals surface area contributed by atoms with Crippen molar-refractivity contribution in [3.05, 3.63) is 18.0 Å². The van der Waals surface area contributed by atoms with Gasteiger partial charge in [0.15, 0.2) is 5.60 Å². The van der Waals surface area contributed by atoms with Crippen LogP contribution in [0.2, 0.25) is 0 Å². The molecule has 0 aromatic carbocycles. The minimum atomic E-state index is -0.227. The van der Waals surface area contributed by atoms with Gasteiger partial charge in [0.2, 0.25) is 0 Å². The molecule has 13 heavy (non-hydrogen) atoms. The summed E-state index contributed by atoms with van der Waals surface area (Å²) in [5.74, 6) is 0. The van der Waals surface area contributed by atoms with Gasteiger partial charge in [0, 0.05) is 12.4 Å². The van der Waals surface area contributed by atoms with Crippen molar-refractivity contribution in [1.82, 2.24) is 9.97 Å². The number of hydrogen-bond acceptors (Lipinski definition) is 4. The van der Waals surface area contributed by atoms with Gasteiger partial charge in [-0.3, -0.25) is 0 Å². The normalized spacial score (nSPS) is 19.2. The number of ether oxygens (including phenoxy) is 2. The molecule has 0 unspecified atom stereocenters. The minimum absolute atomic E-state index is 0.227. The number of nitrogens with zero attached hydrogens (tertiary/aromatic N) is 2. The van der Waals surface area contributed by atoms with Crippen LogP contribution in [0.5, 0.6) is 6.01 Å². The van der Waals surface area contributed by atoms with Crippen LogP contribution in [0, 0.1) is 6.92 Å². The first kappa shape index (κ1) is 8.44. The first-order valence-electron chi connectivity index (χ1n) is 4.23. The summed E-state index contributed by atoms with van der Waals surface area (Å²) in [6, 6.07) is 0.427. The summed E-state index contributed by atoms with van der Waals surface area (Å²) in [5, 5.41) is 0. The Morgan fingerprint density at radius 1 is 1.38 bits per heavy atom. The van der Waals surface area contributed by atoms with E-state index in [0.717, 1.165) is 5.56 Å². The molecular weight excluding hydrogens is 168 g/mol. The largest absolute Gasteiger partial charge is 0.452 e. The maximum Gasteiger partial charge on any atom is 0.317 e. The third kappa shape index (κ3) is 1.78. The zero-order chi connectivity index (χ0) is 9.31. The summed E-state index contributed by atoms with van der Waals surface area (Å²) >= 11 is 0. The van der Waals surface area contributed by atoms with Gasteiger partial charge >= 0.3 is 6.01 Å². The second-order valence-corrected chi connectivity index (χ2v) is 3.59. The molecule has 0 bridgehead atoms. The van der Waals surface area contributed by atoms with Gasteiger partial charge in [-0.2, -0.15) is 0 Å². The van der Waals surface area contributed by atoms with Crippen LogP contribution < -0.4 is 4.74 Å². The van der Waals surface area contributed by atoms with Gasteiger partial charge in [-0.1, -0.05) is 0 Å². The molecule has 0 atom stereocenters. The Bertz CT molecular complexity index is 293. The molecule has 4 heteroatoms. The van der Waals surface area contributed by atoms with Crippen LogP contribution in [0.3, 0.4) is 0 Å². The molecule has 1 aromatic heterocycles. The average molecular weight is 180 g/mol. The van der Waals surface area contributed by atoms with Crippen LogP contribution in [0.15, 0.2) is 12.4 Å². The lowest BCUT2D eigenvalue weighted by Crippen LogP contribution is -2.51. The Kier molecular flexibility index (Phi) is 1.92. The fourth-order valence-electron chi connectivity index (χ4n) is 1.10. The zero-order valence-corrected chi connectivity index (χ0v) is 7.78. The molecular formula is C9H12N2O2.